The maximum absolute atomic E-state index is 4.97. The molecule has 0 spiro atoms. The summed E-state index contributed by atoms with van der Waals surface area (Å²) >= 11 is 9.93. The van der Waals surface area contributed by atoms with E-state index in [4.69, 9.17) is 23.3 Å². The highest BCUT2D eigenvalue weighted by atomic mass is 33.5. The molecule has 0 radical (unpaired) electrons. The molecule has 1 saturated heterocycles. The highest BCUT2D eigenvalue weighted by Crippen LogP contribution is 2.65. The largest absolute Gasteiger partial charge is 0.244 e. The van der Waals surface area contributed by atoms with Gasteiger partial charge in [-0.25, -0.2) is 4.31 Å². The zero-order valence-electron chi connectivity index (χ0n) is 12.4. The van der Waals surface area contributed by atoms with Crippen LogP contribution in [0.3, 0.4) is 0 Å². The molecule has 1 aliphatic rings. The van der Waals surface area contributed by atoms with Crippen LogP contribution in [0.25, 0.3) is 0 Å². The fourth-order valence-corrected chi connectivity index (χ4v) is 6.77. The van der Waals surface area contributed by atoms with Gasteiger partial charge in [-0.1, -0.05) is 64.8 Å². The molecule has 1 heterocycles. The molecule has 1 atom stereocenters. The lowest BCUT2D eigenvalue weighted by Crippen LogP contribution is -2.23. The van der Waals surface area contributed by atoms with Crippen molar-refractivity contribution in [3.63, 3.8) is 0 Å². The highest BCUT2D eigenvalue weighted by Gasteiger charge is 2.34. The van der Waals surface area contributed by atoms with E-state index >= 15 is 0 Å². The Labute approximate surface area is 135 Å². The minimum Gasteiger partial charge on any atom is -0.244 e. The smallest absolute Gasteiger partial charge is 0.0452 e. The number of hydrogen-bond donors (Lipinski definition) is 2. The summed E-state index contributed by atoms with van der Waals surface area (Å²) in [5.41, 5.74) is 1.43. The van der Waals surface area contributed by atoms with E-state index in [2.05, 4.69) is 41.6 Å². The van der Waals surface area contributed by atoms with Crippen LogP contribution in [-0.2, 0) is 0 Å². The molecule has 0 amide bonds. The molecule has 2 rings (SSSR count). The molecule has 4 heteroatoms. The summed E-state index contributed by atoms with van der Waals surface area (Å²) in [5, 5.41) is 0. The second kappa shape index (κ2) is 8.02. The van der Waals surface area contributed by atoms with Crippen LogP contribution < -0.4 is 0 Å². The van der Waals surface area contributed by atoms with Gasteiger partial charge in [0, 0.05) is 18.3 Å². The van der Waals surface area contributed by atoms with Gasteiger partial charge in [0.05, 0.1) is 0 Å². The first-order chi connectivity index (χ1) is 9.65. The highest BCUT2D eigenvalue weighted by molar-refractivity contribution is 9.17. The fourth-order valence-electron chi connectivity index (χ4n) is 2.94. The first-order valence-electron chi connectivity index (χ1n) is 7.73. The van der Waals surface area contributed by atoms with E-state index in [1.807, 2.05) is 0 Å². The molecular weight excluding hydrogens is 302 g/mol. The molecule has 1 aromatic rings. The van der Waals surface area contributed by atoms with Crippen LogP contribution in [0.5, 0.6) is 0 Å². The summed E-state index contributed by atoms with van der Waals surface area (Å²) in [4.78, 5) is 0. The number of thiol groups is 2. The van der Waals surface area contributed by atoms with Crippen LogP contribution in [0.1, 0.15) is 57.1 Å². The molecule has 1 fully saturated rings. The van der Waals surface area contributed by atoms with Gasteiger partial charge >= 0.3 is 0 Å². The Balaban J connectivity index is 1.98. The van der Waals surface area contributed by atoms with E-state index < -0.39 is 8.28 Å². The predicted octanol–water partition coefficient (Wildman–Crippen LogP) is 5.81. The molecule has 0 aromatic heterocycles. The van der Waals surface area contributed by atoms with Gasteiger partial charge in [-0.2, -0.15) is 0 Å². The van der Waals surface area contributed by atoms with Gasteiger partial charge in [0.1, 0.15) is 0 Å². The van der Waals surface area contributed by atoms with Gasteiger partial charge < -0.3 is 0 Å². The summed E-state index contributed by atoms with van der Waals surface area (Å²) < 4.78 is 2.57. The summed E-state index contributed by atoms with van der Waals surface area (Å²) in [7, 11) is -1.22. The standard InChI is InChI=1S/C16H27NS3/c1-2-3-4-8-14-20(18,19)17-13-9-12-16(17)15-10-6-5-7-11-15/h5-7,10-11,16,18-19H,2-4,8-9,12-14H2,1H3. The van der Waals surface area contributed by atoms with E-state index in [0.717, 1.165) is 12.3 Å². The summed E-state index contributed by atoms with van der Waals surface area (Å²) in [6.07, 6.45) is 7.71. The van der Waals surface area contributed by atoms with Crippen molar-refractivity contribution in [1.29, 1.82) is 0 Å². The zero-order valence-corrected chi connectivity index (χ0v) is 15.0. The molecule has 1 unspecified atom stereocenters. The second-order valence-electron chi connectivity index (χ2n) is 5.61. The van der Waals surface area contributed by atoms with Gasteiger partial charge in [0.25, 0.3) is 0 Å². The minimum absolute atomic E-state index is 0.521. The molecule has 1 nitrogen and oxygen atoms in total. The average Bonchev–Trinajstić information content (AvgIpc) is 2.95. The Morgan fingerprint density at radius 2 is 1.90 bits per heavy atom. The second-order valence-corrected chi connectivity index (χ2v) is 12.2. The van der Waals surface area contributed by atoms with Crippen molar-refractivity contribution >= 4 is 31.6 Å². The predicted molar refractivity (Wildman–Crippen MR) is 99.7 cm³/mol. The molecule has 1 aliphatic heterocycles. The van der Waals surface area contributed by atoms with Crippen molar-refractivity contribution in [2.45, 2.75) is 51.5 Å². The van der Waals surface area contributed by atoms with E-state index in [9.17, 15) is 0 Å². The van der Waals surface area contributed by atoms with Crippen LogP contribution in [0, 0.1) is 0 Å². The third-order valence-electron chi connectivity index (χ3n) is 4.04. The maximum atomic E-state index is 4.97. The van der Waals surface area contributed by atoms with E-state index in [0.29, 0.717) is 6.04 Å². The third kappa shape index (κ3) is 4.36. The molecule has 1 aromatic carbocycles. The molecule has 0 bridgehead atoms. The van der Waals surface area contributed by atoms with Crippen LogP contribution >= 0.6 is 31.6 Å². The van der Waals surface area contributed by atoms with Crippen LogP contribution in [0.2, 0.25) is 0 Å². The topological polar surface area (TPSA) is 3.24 Å². The summed E-state index contributed by atoms with van der Waals surface area (Å²) in [5.74, 6) is 1.14. The van der Waals surface area contributed by atoms with Gasteiger partial charge in [-0.05, 0) is 24.8 Å². The van der Waals surface area contributed by atoms with E-state index in [-0.39, 0.29) is 0 Å². The van der Waals surface area contributed by atoms with Crippen molar-refractivity contribution in [3.05, 3.63) is 35.9 Å². The Morgan fingerprint density at radius 1 is 1.15 bits per heavy atom. The SMILES string of the molecule is CCCCCCS(S)(S)N1CCCC1c1ccccc1. The number of benzene rings is 1. The van der Waals surface area contributed by atoms with Crippen molar-refractivity contribution in [1.82, 2.24) is 4.31 Å². The van der Waals surface area contributed by atoms with Gasteiger partial charge in [-0.3, -0.25) is 0 Å². The van der Waals surface area contributed by atoms with Crippen molar-refractivity contribution in [3.8, 4) is 0 Å². The lowest BCUT2D eigenvalue weighted by molar-refractivity contribution is 0.448. The van der Waals surface area contributed by atoms with Crippen molar-refractivity contribution in [2.75, 3.05) is 12.3 Å². The molecule has 0 saturated carbocycles. The van der Waals surface area contributed by atoms with Crippen LogP contribution in [0.15, 0.2) is 30.3 Å². The monoisotopic (exact) mass is 329 g/mol. The molecule has 20 heavy (non-hydrogen) atoms. The quantitative estimate of drug-likeness (QED) is 0.362. The molecular formula is C16H27NS3. The number of nitrogens with zero attached hydrogens (tertiary/aromatic N) is 1. The zero-order chi connectivity index (χ0) is 14.4. The average molecular weight is 330 g/mol. The first kappa shape index (κ1) is 16.6. The van der Waals surface area contributed by atoms with Crippen LogP contribution in [0.4, 0.5) is 0 Å². The normalized spacial score (nSPS) is 21.2. The number of hydrogen-bond acceptors (Lipinski definition) is 3. The third-order valence-corrected chi connectivity index (χ3v) is 8.41. The maximum Gasteiger partial charge on any atom is 0.0452 e. The van der Waals surface area contributed by atoms with Crippen molar-refractivity contribution < 1.29 is 0 Å². The lowest BCUT2D eigenvalue weighted by atomic mass is 10.1. The Morgan fingerprint density at radius 3 is 2.60 bits per heavy atom. The molecule has 0 N–H and O–H groups in total. The summed E-state index contributed by atoms with van der Waals surface area (Å²) in [6.45, 7) is 3.41. The van der Waals surface area contributed by atoms with Crippen LogP contribution in [-0.4, -0.2) is 16.6 Å². The first-order valence-corrected chi connectivity index (χ1v) is 11.6. The minimum atomic E-state index is -1.22. The number of rotatable bonds is 7. The number of unbranched alkanes of at least 4 members (excludes halogenated alkanes) is 3. The lowest BCUT2D eigenvalue weighted by Gasteiger charge is -2.42. The van der Waals surface area contributed by atoms with Crippen molar-refractivity contribution in [2.24, 2.45) is 0 Å². The summed E-state index contributed by atoms with van der Waals surface area (Å²) in [6, 6.07) is 11.4. The molecule has 0 aliphatic carbocycles. The Kier molecular flexibility index (Phi) is 6.66. The Bertz CT molecular complexity index is 394. The van der Waals surface area contributed by atoms with E-state index in [1.165, 1.54) is 44.1 Å². The fraction of sp³-hybridized carbons (Fsp3) is 0.625. The van der Waals surface area contributed by atoms with Gasteiger partial charge in [-0.15, -0.1) is 23.3 Å². The Hall–Kier alpha value is 0.230. The molecule has 114 valence electrons. The van der Waals surface area contributed by atoms with Gasteiger partial charge in [0.15, 0.2) is 0 Å². The van der Waals surface area contributed by atoms with E-state index in [1.54, 1.807) is 0 Å². The van der Waals surface area contributed by atoms with Gasteiger partial charge in [0.2, 0.25) is 0 Å².